The quantitative estimate of drug-likeness (QED) is 0.606. The minimum atomic E-state index is -0.635. The number of hydrogen-bond acceptors (Lipinski definition) is 6. The molecule has 2 N–H and O–H groups in total. The molecule has 0 aliphatic carbocycles. The molecule has 0 bridgehead atoms. The summed E-state index contributed by atoms with van der Waals surface area (Å²) in [5.41, 5.74) is -0.720. The second kappa shape index (κ2) is 5.18. The Labute approximate surface area is 106 Å². The summed E-state index contributed by atoms with van der Waals surface area (Å²) >= 11 is 0. The summed E-state index contributed by atoms with van der Waals surface area (Å²) < 4.78 is 0. The lowest BCUT2D eigenvalue weighted by Gasteiger charge is -2.34. The molecule has 1 rings (SSSR count). The number of rotatable bonds is 5. The average molecular weight is 254 g/mol. The van der Waals surface area contributed by atoms with E-state index < -0.39 is 10.5 Å². The smallest absolute Gasteiger partial charge is 0.311 e. The SMILES string of the molecule is CNc1ccc([N+](=O)[O-])c(N(C)C(C)(C)CO)n1. The molecule has 0 fully saturated rings. The van der Waals surface area contributed by atoms with Crippen molar-refractivity contribution in [3.8, 4) is 0 Å². The van der Waals surface area contributed by atoms with E-state index in [1.165, 1.54) is 6.07 Å². The first kappa shape index (κ1) is 14.2. The highest BCUT2D eigenvalue weighted by Gasteiger charge is 2.29. The molecule has 0 saturated heterocycles. The highest BCUT2D eigenvalue weighted by Crippen LogP contribution is 2.30. The van der Waals surface area contributed by atoms with E-state index in [-0.39, 0.29) is 18.1 Å². The van der Waals surface area contributed by atoms with Gasteiger partial charge < -0.3 is 15.3 Å². The van der Waals surface area contributed by atoms with Crippen LogP contribution in [0.3, 0.4) is 0 Å². The molecule has 1 aromatic rings. The summed E-state index contributed by atoms with van der Waals surface area (Å²) in [7, 11) is 3.36. The minimum Gasteiger partial charge on any atom is -0.394 e. The summed E-state index contributed by atoms with van der Waals surface area (Å²) in [6, 6.07) is 2.94. The standard InChI is InChI=1S/C11H18N4O3/c1-11(2,7-16)14(4)10-8(15(17)18)5-6-9(12-3)13-10/h5-6,16H,7H2,1-4H3,(H,12,13). The van der Waals surface area contributed by atoms with E-state index in [4.69, 9.17) is 0 Å². The highest BCUT2D eigenvalue weighted by molar-refractivity contribution is 5.62. The van der Waals surface area contributed by atoms with Crippen molar-refractivity contribution in [2.45, 2.75) is 19.4 Å². The van der Waals surface area contributed by atoms with Gasteiger partial charge in [0.25, 0.3) is 0 Å². The molecule has 0 atom stereocenters. The van der Waals surface area contributed by atoms with Crippen LogP contribution in [0, 0.1) is 10.1 Å². The normalized spacial score (nSPS) is 11.2. The Morgan fingerprint density at radius 2 is 2.17 bits per heavy atom. The van der Waals surface area contributed by atoms with Crippen LogP contribution >= 0.6 is 0 Å². The van der Waals surface area contributed by atoms with Gasteiger partial charge in [-0.15, -0.1) is 0 Å². The molecule has 0 spiro atoms. The van der Waals surface area contributed by atoms with Crippen molar-refractivity contribution in [3.63, 3.8) is 0 Å². The molecule has 0 aromatic carbocycles. The summed E-state index contributed by atoms with van der Waals surface area (Å²) in [5.74, 6) is 0.766. The van der Waals surface area contributed by atoms with Gasteiger partial charge in [-0.25, -0.2) is 4.98 Å². The van der Waals surface area contributed by atoms with Crippen molar-refractivity contribution in [2.24, 2.45) is 0 Å². The number of nitrogens with zero attached hydrogens (tertiary/aromatic N) is 3. The maximum Gasteiger partial charge on any atom is 0.311 e. The predicted octanol–water partition coefficient (Wildman–Crippen LogP) is 1.24. The molecule has 0 unspecified atom stereocenters. The number of aromatic nitrogens is 1. The van der Waals surface area contributed by atoms with Crippen molar-refractivity contribution in [2.75, 3.05) is 30.9 Å². The van der Waals surface area contributed by atoms with Gasteiger partial charge in [0.05, 0.1) is 17.1 Å². The number of nitro groups is 1. The van der Waals surface area contributed by atoms with Gasteiger partial charge in [-0.1, -0.05) is 0 Å². The maximum absolute atomic E-state index is 11.0. The summed E-state index contributed by atoms with van der Waals surface area (Å²) in [6.45, 7) is 3.43. The van der Waals surface area contributed by atoms with Crippen molar-refractivity contribution >= 4 is 17.3 Å². The van der Waals surface area contributed by atoms with Gasteiger partial charge in [0.2, 0.25) is 5.82 Å². The second-order valence-corrected chi connectivity index (χ2v) is 4.58. The van der Waals surface area contributed by atoms with E-state index in [9.17, 15) is 15.2 Å². The van der Waals surface area contributed by atoms with Gasteiger partial charge in [0, 0.05) is 20.2 Å². The lowest BCUT2D eigenvalue weighted by molar-refractivity contribution is -0.384. The Bertz CT molecular complexity index is 448. The fraction of sp³-hybridized carbons (Fsp3) is 0.545. The molecule has 1 aromatic heterocycles. The third-order valence-corrected chi connectivity index (χ3v) is 2.92. The van der Waals surface area contributed by atoms with E-state index in [0.717, 1.165) is 0 Å². The molecule has 0 aliphatic rings. The summed E-state index contributed by atoms with van der Waals surface area (Å²) in [5, 5.41) is 23.2. The number of nitrogens with one attached hydrogen (secondary N) is 1. The minimum absolute atomic E-state index is 0.0852. The Balaban J connectivity index is 3.31. The first-order valence-corrected chi connectivity index (χ1v) is 5.51. The monoisotopic (exact) mass is 254 g/mol. The van der Waals surface area contributed by atoms with Gasteiger partial charge in [-0.05, 0) is 19.9 Å². The van der Waals surface area contributed by atoms with E-state index in [2.05, 4.69) is 10.3 Å². The zero-order chi connectivity index (χ0) is 13.9. The molecule has 7 heteroatoms. The average Bonchev–Trinajstić information content (AvgIpc) is 2.36. The Morgan fingerprint density at radius 3 is 2.61 bits per heavy atom. The molecule has 18 heavy (non-hydrogen) atoms. The van der Waals surface area contributed by atoms with Crippen LogP contribution in [-0.2, 0) is 0 Å². The summed E-state index contributed by atoms with van der Waals surface area (Å²) in [6.07, 6.45) is 0. The molecule has 0 amide bonds. The van der Waals surface area contributed by atoms with Gasteiger partial charge >= 0.3 is 5.69 Å². The largest absolute Gasteiger partial charge is 0.394 e. The molecular weight excluding hydrogens is 236 g/mol. The predicted molar refractivity (Wildman–Crippen MR) is 70.0 cm³/mol. The number of aliphatic hydroxyl groups excluding tert-OH is 1. The third kappa shape index (κ3) is 2.67. The molecule has 7 nitrogen and oxygen atoms in total. The zero-order valence-electron chi connectivity index (χ0n) is 11.0. The highest BCUT2D eigenvalue weighted by atomic mass is 16.6. The Hall–Kier alpha value is -1.89. The van der Waals surface area contributed by atoms with E-state index in [1.807, 2.05) is 0 Å². The van der Waals surface area contributed by atoms with E-state index >= 15 is 0 Å². The van der Waals surface area contributed by atoms with Crippen LogP contribution in [0.5, 0.6) is 0 Å². The van der Waals surface area contributed by atoms with Crippen molar-refractivity contribution in [1.82, 2.24) is 4.98 Å². The molecule has 100 valence electrons. The van der Waals surface area contributed by atoms with Crippen LogP contribution in [0.2, 0.25) is 0 Å². The van der Waals surface area contributed by atoms with Crippen LogP contribution in [0.1, 0.15) is 13.8 Å². The fourth-order valence-electron chi connectivity index (χ4n) is 1.36. The van der Waals surface area contributed by atoms with Gasteiger partial charge in [-0.3, -0.25) is 10.1 Å². The number of anilines is 2. The molecule has 1 heterocycles. The van der Waals surface area contributed by atoms with Crippen LogP contribution < -0.4 is 10.2 Å². The number of aliphatic hydroxyl groups is 1. The third-order valence-electron chi connectivity index (χ3n) is 2.92. The fourth-order valence-corrected chi connectivity index (χ4v) is 1.36. The molecule has 0 saturated carbocycles. The summed E-state index contributed by atoms with van der Waals surface area (Å²) in [4.78, 5) is 16.3. The molecule has 0 radical (unpaired) electrons. The Kier molecular flexibility index (Phi) is 4.07. The van der Waals surface area contributed by atoms with Crippen LogP contribution in [-0.4, -0.2) is 41.3 Å². The molecular formula is C11H18N4O3. The van der Waals surface area contributed by atoms with Crippen LogP contribution in [0.4, 0.5) is 17.3 Å². The van der Waals surface area contributed by atoms with Crippen LogP contribution in [0.15, 0.2) is 12.1 Å². The topological polar surface area (TPSA) is 91.5 Å². The number of pyridine rings is 1. The number of likely N-dealkylation sites (N-methyl/N-ethyl adjacent to an activating group) is 1. The van der Waals surface area contributed by atoms with Gasteiger partial charge in [0.1, 0.15) is 5.82 Å². The zero-order valence-corrected chi connectivity index (χ0v) is 11.0. The Morgan fingerprint density at radius 1 is 1.56 bits per heavy atom. The van der Waals surface area contributed by atoms with Crippen LogP contribution in [0.25, 0.3) is 0 Å². The van der Waals surface area contributed by atoms with Gasteiger partial charge in [0.15, 0.2) is 0 Å². The van der Waals surface area contributed by atoms with Crippen molar-refractivity contribution < 1.29 is 10.0 Å². The van der Waals surface area contributed by atoms with Crippen molar-refractivity contribution in [3.05, 3.63) is 22.2 Å². The second-order valence-electron chi connectivity index (χ2n) is 4.58. The maximum atomic E-state index is 11.0. The first-order chi connectivity index (χ1) is 8.33. The van der Waals surface area contributed by atoms with Gasteiger partial charge in [-0.2, -0.15) is 0 Å². The number of hydrogen-bond donors (Lipinski definition) is 2. The van der Waals surface area contributed by atoms with E-state index in [1.54, 1.807) is 38.9 Å². The van der Waals surface area contributed by atoms with E-state index in [0.29, 0.717) is 5.82 Å². The van der Waals surface area contributed by atoms with Crippen molar-refractivity contribution in [1.29, 1.82) is 0 Å². The first-order valence-electron chi connectivity index (χ1n) is 5.51. The lowest BCUT2D eigenvalue weighted by atomic mass is 10.1. The lowest BCUT2D eigenvalue weighted by Crippen LogP contribution is -2.45. The molecule has 0 aliphatic heterocycles.